The summed E-state index contributed by atoms with van der Waals surface area (Å²) in [4.78, 5) is 19.9. The molecule has 8 aromatic carbocycles. The van der Waals surface area contributed by atoms with Gasteiger partial charge in [-0.15, -0.1) is 140 Å². The molecule has 4 radical (unpaired) electrons. The Kier molecular flexibility index (Phi) is 57.1. The van der Waals surface area contributed by atoms with Gasteiger partial charge in [-0.1, -0.05) is 341 Å². The predicted molar refractivity (Wildman–Crippen MR) is 607 cm³/mol. The third-order valence-corrected chi connectivity index (χ3v) is 43.5. The first kappa shape index (κ1) is 133. The molecule has 12 aromatic rings. The molecule has 784 valence electrons. The number of hydrogen-bond acceptors (Lipinski definition) is 12. The predicted octanol–water partition coefficient (Wildman–Crippen LogP) is 30.8. The molecule has 142 heavy (non-hydrogen) atoms. The van der Waals surface area contributed by atoms with Gasteiger partial charge in [0.05, 0.1) is 102 Å². The van der Waals surface area contributed by atoms with Crippen molar-refractivity contribution in [1.29, 1.82) is 0 Å². The number of rotatable bonds is 24. The molecule has 0 saturated heterocycles. The Morgan fingerprint density at radius 2 is 0.563 bits per heavy atom. The third-order valence-electron chi connectivity index (χ3n) is 25.2. The SMILES string of the molecule is CC(C)C(O)=CC(O)C(C)C.CC(C)CC(O)=CC(O)CC(C)C.CC(O)=CC(C)O.CC(O)=CC(C)O.Cc1[c-]c(-c2ccc3c([Si](C(C)C)(C(C)C)C(C)C)cccc3n2)cc(C)c1.Cc1[c-]c(-c2ccc3c([Si](C(C)C)(C(C)C)C(C)C)cccc3n2)cc(C)c1.Cc1[c-]c(-c2ccc3c([Si](C)(C)C)cccc3n2)cc(C)c1.Cc1[c-]c(-c2ccc3c([Si](C)(C)C)cccc3n2)cc(C)c1.[Ir].[Ir].[Ir].[Ir]. The Morgan fingerprint density at radius 1 is 0.317 bits per heavy atom. The largest absolute Gasteiger partial charge is 0.513 e. The van der Waals surface area contributed by atoms with Crippen LogP contribution in [0.4, 0.5) is 0 Å². The third kappa shape index (κ3) is 39.8. The maximum absolute atomic E-state index is 9.47. The normalized spacial score (nSPS) is 12.9. The van der Waals surface area contributed by atoms with Gasteiger partial charge in [-0.3, -0.25) is 19.9 Å². The number of allylic oxidation sites excluding steroid dienone is 4. The van der Waals surface area contributed by atoms with Crippen LogP contribution in [0.15, 0.2) is 217 Å². The zero-order valence-corrected chi connectivity index (χ0v) is 106. The van der Waals surface area contributed by atoms with Gasteiger partial charge in [0, 0.05) is 92.8 Å². The van der Waals surface area contributed by atoms with Gasteiger partial charge < -0.3 is 40.9 Å². The van der Waals surface area contributed by atoms with Gasteiger partial charge in [-0.05, 0) is 188 Å². The molecule has 0 amide bonds. The van der Waals surface area contributed by atoms with Crippen molar-refractivity contribution in [2.45, 2.75) is 331 Å². The molecule has 0 saturated carbocycles. The fourth-order valence-electron chi connectivity index (χ4n) is 19.8. The first-order chi connectivity index (χ1) is 64.1. The van der Waals surface area contributed by atoms with E-state index in [1.54, 1.807) is 30.3 Å². The van der Waals surface area contributed by atoms with Crippen molar-refractivity contribution in [3.8, 4) is 45.0 Å². The van der Waals surface area contributed by atoms with Gasteiger partial charge in [0.25, 0.3) is 0 Å². The molecule has 4 heterocycles. The zero-order chi connectivity index (χ0) is 104. The molecule has 0 aliphatic rings. The summed E-state index contributed by atoms with van der Waals surface area (Å²) < 4.78 is 0. The molecule has 8 N–H and O–H groups in total. The van der Waals surface area contributed by atoms with Crippen LogP contribution in [-0.2, 0) is 80.4 Å². The van der Waals surface area contributed by atoms with Crippen molar-refractivity contribution < 1.29 is 121 Å². The maximum Gasteiger partial charge on any atom is 0.0951 e. The number of pyridine rings is 4. The van der Waals surface area contributed by atoms with Gasteiger partial charge in [0.15, 0.2) is 0 Å². The fraction of sp³-hybridized carbons (Fsp3) is 0.443. The average molecular weight is 2700 g/mol. The first-order valence-corrected chi connectivity index (χ1v) is 61.5. The van der Waals surface area contributed by atoms with Crippen LogP contribution in [0, 0.1) is 103 Å². The number of aliphatic hydroxyl groups excluding tert-OH is 8. The van der Waals surface area contributed by atoms with E-state index < -0.39 is 56.7 Å². The number of benzene rings is 8. The van der Waals surface area contributed by atoms with E-state index in [0.717, 1.165) is 89.4 Å². The summed E-state index contributed by atoms with van der Waals surface area (Å²) in [6.45, 7) is 82.3. The van der Waals surface area contributed by atoms with Gasteiger partial charge in [0.2, 0.25) is 0 Å². The van der Waals surface area contributed by atoms with Gasteiger partial charge in [0.1, 0.15) is 0 Å². The molecule has 0 bridgehead atoms. The van der Waals surface area contributed by atoms with Crippen LogP contribution in [-0.4, -0.2) is 117 Å². The van der Waals surface area contributed by atoms with E-state index in [1.807, 2.05) is 41.5 Å². The Bertz CT molecular complexity index is 5600. The molecule has 0 aliphatic carbocycles. The molecule has 4 atom stereocenters. The van der Waals surface area contributed by atoms with Crippen LogP contribution in [0.1, 0.15) is 224 Å². The van der Waals surface area contributed by atoms with Crippen molar-refractivity contribution in [2.24, 2.45) is 23.7 Å². The quantitative estimate of drug-likeness (QED) is 0.0161. The summed E-state index contributed by atoms with van der Waals surface area (Å²) in [7, 11) is -6.18. The van der Waals surface area contributed by atoms with E-state index in [9.17, 15) is 20.4 Å². The average Bonchev–Trinajstić information content (AvgIpc) is 0.745. The molecule has 20 heteroatoms. The Morgan fingerprint density at radius 3 is 0.754 bits per heavy atom. The Hall–Kier alpha value is -7.14. The minimum Gasteiger partial charge on any atom is -0.513 e. The fourth-order valence-corrected chi connectivity index (χ4v) is 36.9. The number of aliphatic hydroxyl groups is 8. The van der Waals surface area contributed by atoms with Crippen molar-refractivity contribution in [3.63, 3.8) is 0 Å². The summed E-state index contributed by atoms with van der Waals surface area (Å²) in [5.41, 5.74) is 26.6. The number of nitrogens with zero attached hydrogens (tertiary/aromatic N) is 4. The van der Waals surface area contributed by atoms with Gasteiger partial charge >= 0.3 is 0 Å². The Labute approximate surface area is 915 Å². The van der Waals surface area contributed by atoms with Crippen molar-refractivity contribution in [2.75, 3.05) is 0 Å². The van der Waals surface area contributed by atoms with E-state index in [0.29, 0.717) is 63.7 Å². The minimum absolute atomic E-state index is 0. The summed E-state index contributed by atoms with van der Waals surface area (Å²) >= 11 is 0. The number of fused-ring (bicyclic) bond motifs is 4. The van der Waals surface area contributed by atoms with E-state index >= 15 is 0 Å². The molecule has 0 fully saturated rings. The van der Waals surface area contributed by atoms with Crippen LogP contribution in [0.2, 0.25) is 72.5 Å². The molecular weight excluding hydrogens is 2530 g/mol. The smallest absolute Gasteiger partial charge is 0.0951 e. The van der Waals surface area contributed by atoms with Crippen molar-refractivity contribution in [1.82, 2.24) is 19.9 Å². The van der Waals surface area contributed by atoms with Crippen LogP contribution < -0.4 is 20.7 Å². The first-order valence-electron chi connectivity index (χ1n) is 50.1. The second kappa shape index (κ2) is 61.0. The minimum atomic E-state index is -1.73. The summed E-state index contributed by atoms with van der Waals surface area (Å²) in [6, 6.07) is 75.4. The number of aryl methyl sites for hydroxylation is 8. The molecule has 12 nitrogen and oxygen atoms in total. The second-order valence-corrected chi connectivity index (χ2v) is 65.4. The molecule has 0 spiro atoms. The monoisotopic (exact) mass is 2710 g/mol. The molecule has 0 aliphatic heterocycles. The molecular formula is C122H172Ir4N4O8Si4-4. The standard InChI is InChI=1S/2C26H34NSi.2C20H22NSi.C11H22O2.C9H18O2.2C5H10O2.4Ir/c2*1-17(2)28(18(3)4,19(5)6)26-11-9-10-25-23(26)12-13-24(27-25)22-15-20(7)14-21(8)16-22;2*1-14-11-15(2)13-16(12-14)18-10-9-17-19(21-18)7-6-8-20(17)22(3,4)5;1-8(2)5-10(12)7-11(13)6-9(3)4;1-6(2)8(10)5-9(11)7(3)4;2*1-4(6)3-5(2)7;;;;/h2*9-15,17-19H,1-8H3;2*6-12H,1-5H3;7-10,12-13H,5-6H2,1-4H3;5-8,10-11H,1-4H3;2*3-4,6-7H,1-2H3;;;;/q4*-1;;;;;;;;. The Balaban J connectivity index is 0.000000841. The van der Waals surface area contributed by atoms with E-state index in [2.05, 4.69) is 386 Å². The zero-order valence-electron chi connectivity index (χ0n) is 92.7. The van der Waals surface area contributed by atoms with E-state index in [1.165, 1.54) is 86.2 Å². The van der Waals surface area contributed by atoms with E-state index in [4.69, 9.17) is 40.4 Å². The summed E-state index contributed by atoms with van der Waals surface area (Å²) in [5.74, 6) is 2.05. The number of aromatic nitrogens is 4. The number of hydrogen-bond donors (Lipinski definition) is 8. The maximum atomic E-state index is 9.47. The van der Waals surface area contributed by atoms with E-state index in [-0.39, 0.29) is 110 Å². The van der Waals surface area contributed by atoms with Gasteiger partial charge in [-0.25, -0.2) is 0 Å². The molecule has 4 unspecified atom stereocenters. The summed E-state index contributed by atoms with van der Waals surface area (Å²) in [5, 5.41) is 82.7. The van der Waals surface area contributed by atoms with Crippen molar-refractivity contribution in [3.05, 3.63) is 286 Å². The van der Waals surface area contributed by atoms with Crippen LogP contribution in [0.3, 0.4) is 0 Å². The second-order valence-electron chi connectivity index (χ2n) is 43.6. The van der Waals surface area contributed by atoms with Crippen LogP contribution in [0.5, 0.6) is 0 Å². The topological polar surface area (TPSA) is 213 Å². The van der Waals surface area contributed by atoms with Crippen molar-refractivity contribution >= 4 is 96.7 Å². The summed E-state index contributed by atoms with van der Waals surface area (Å²) in [6.07, 6.45) is 5.04. The van der Waals surface area contributed by atoms with Gasteiger partial charge in [-0.2, -0.15) is 0 Å². The van der Waals surface area contributed by atoms with Crippen LogP contribution >= 0.6 is 0 Å². The molecule has 4 aromatic heterocycles. The van der Waals surface area contributed by atoms with Crippen LogP contribution in [0.25, 0.3) is 88.6 Å². The molecule has 12 rings (SSSR count).